The third-order valence-electron chi connectivity index (χ3n) is 4.26. The van der Waals surface area contributed by atoms with E-state index in [-0.39, 0.29) is 76.3 Å². The first-order chi connectivity index (χ1) is 15.2. The minimum absolute atomic E-state index is 0. The van der Waals surface area contributed by atoms with Crippen LogP contribution in [0.25, 0.3) is 0 Å². The van der Waals surface area contributed by atoms with Crippen LogP contribution in [0, 0.1) is 12.3 Å². The van der Waals surface area contributed by atoms with Gasteiger partial charge >= 0.3 is 35.5 Å². The Hall–Kier alpha value is -2.57. The zero-order chi connectivity index (χ0) is 23.4. The summed E-state index contributed by atoms with van der Waals surface area (Å²) in [5.41, 5.74) is 5.34. The van der Waals surface area contributed by atoms with Gasteiger partial charge in [0.15, 0.2) is 17.5 Å². The molecule has 2 atom stereocenters. The number of fused-ring (bicyclic) bond motifs is 1. The van der Waals surface area contributed by atoms with Crippen LogP contribution in [0.15, 0.2) is 21.8 Å². The molecule has 3 heterocycles. The van der Waals surface area contributed by atoms with Gasteiger partial charge in [-0.3, -0.25) is 19.3 Å². The summed E-state index contributed by atoms with van der Waals surface area (Å²) >= 11 is 2.27. The number of carboxylic acids is 1. The van der Waals surface area contributed by atoms with Crippen molar-refractivity contribution in [2.24, 2.45) is 5.16 Å². The topological polar surface area (TPSA) is 176 Å². The van der Waals surface area contributed by atoms with Crippen molar-refractivity contribution >= 4 is 57.7 Å². The zero-order valence-corrected chi connectivity index (χ0v) is 21.2. The number of carbonyl (C=O) groups is 4. The maximum Gasteiger partial charge on any atom is 1.00 e. The number of thioether (sulfide) groups is 1. The van der Waals surface area contributed by atoms with Gasteiger partial charge in [0.05, 0.1) is 11.7 Å². The number of nitrogens with two attached hydrogens (primary N) is 1. The summed E-state index contributed by atoms with van der Waals surface area (Å²) in [7, 11) is 0. The van der Waals surface area contributed by atoms with Crippen LogP contribution in [0.1, 0.15) is 12.6 Å². The molecule has 12 nitrogen and oxygen atoms in total. The number of nitrogens with zero attached hydrogens (tertiary/aromatic N) is 3. The number of esters is 1. The molecule has 1 saturated heterocycles. The molecule has 0 aliphatic carbocycles. The van der Waals surface area contributed by atoms with E-state index >= 15 is 0 Å². The predicted octanol–water partition coefficient (Wildman–Crippen LogP) is -4.95. The Morgan fingerprint density at radius 1 is 1.48 bits per heavy atom. The molecule has 0 bridgehead atoms. The van der Waals surface area contributed by atoms with Crippen LogP contribution in [0.4, 0.5) is 5.13 Å². The number of ether oxygens (including phenoxy) is 1. The summed E-state index contributed by atoms with van der Waals surface area (Å²) in [6.45, 7) is 0.699. The fourth-order valence-electron chi connectivity index (χ4n) is 2.92. The van der Waals surface area contributed by atoms with E-state index in [0.29, 0.717) is 0 Å². The van der Waals surface area contributed by atoms with E-state index in [1.54, 1.807) is 0 Å². The van der Waals surface area contributed by atoms with Gasteiger partial charge < -0.3 is 30.5 Å². The van der Waals surface area contributed by atoms with E-state index < -0.39 is 35.2 Å². The molecule has 2 amide bonds. The Morgan fingerprint density at radius 3 is 2.79 bits per heavy atom. The predicted molar refractivity (Wildman–Crippen MR) is 112 cm³/mol. The average molecular weight is 501 g/mol. The summed E-state index contributed by atoms with van der Waals surface area (Å²) < 4.78 is 4.86. The van der Waals surface area contributed by atoms with Gasteiger partial charge in [0.2, 0.25) is 0 Å². The van der Waals surface area contributed by atoms with Crippen LogP contribution in [-0.2, 0) is 28.8 Å². The molecule has 1 aromatic heterocycles. The van der Waals surface area contributed by atoms with Crippen LogP contribution in [-0.4, -0.2) is 69.7 Å². The molecule has 2 aliphatic heterocycles. The minimum atomic E-state index is -1.58. The van der Waals surface area contributed by atoms with E-state index in [1.807, 2.05) is 0 Å². The summed E-state index contributed by atoms with van der Waals surface area (Å²) in [5.74, 6) is -1.27. The molecule has 1 aromatic rings. The van der Waals surface area contributed by atoms with Crippen molar-refractivity contribution < 1.29 is 63.4 Å². The van der Waals surface area contributed by atoms with Crippen molar-refractivity contribution in [3.8, 4) is 12.3 Å². The van der Waals surface area contributed by atoms with Crippen LogP contribution in [0.2, 0.25) is 0 Å². The number of terminal acetylenes is 1. The first-order valence-electron chi connectivity index (χ1n) is 8.91. The number of thiazole rings is 1. The first kappa shape index (κ1) is 26.7. The summed E-state index contributed by atoms with van der Waals surface area (Å²) in [6, 6.07) is -1.04. The summed E-state index contributed by atoms with van der Waals surface area (Å²) in [5, 5.41) is 18.8. The third-order valence-corrected chi connectivity index (χ3v) is 6.27. The van der Waals surface area contributed by atoms with Crippen LogP contribution < -0.4 is 45.7 Å². The number of rotatable bonds is 8. The standard InChI is InChI=1S/C18H17N5O7S2.Na/c1-3-4-30-22-11(10-7-32-18(19)20-10)14(25)21-12-15(26)23-13(17(27)28)9(5-29-8(2)24)6-31-16(12)23;/h1,7,12,16H,4-6H2,2H3,(H2,19,20)(H,21,25)(H,27,28);/q;+1/p-1/t12?,16-;/m1./s1. The largest absolute Gasteiger partial charge is 1.00 e. The Balaban J connectivity index is 0.00000385. The fourth-order valence-corrected chi connectivity index (χ4v) is 4.79. The molecule has 2 aliphatic rings. The van der Waals surface area contributed by atoms with Gasteiger partial charge in [0.25, 0.3) is 11.8 Å². The number of hydrogen-bond acceptors (Lipinski definition) is 12. The molecule has 0 saturated carbocycles. The number of β-lactam (4-membered cyclic amide) rings is 1. The number of carbonyl (C=O) groups excluding carboxylic acids is 4. The molecular formula is C18H16N5NaO7S2. The summed E-state index contributed by atoms with van der Waals surface area (Å²) in [4.78, 5) is 58.0. The molecule has 1 fully saturated rings. The Kier molecular flexibility index (Phi) is 9.32. The van der Waals surface area contributed by atoms with E-state index in [4.69, 9.17) is 21.7 Å². The van der Waals surface area contributed by atoms with Crippen molar-refractivity contribution in [3.05, 3.63) is 22.3 Å². The monoisotopic (exact) mass is 501 g/mol. The van der Waals surface area contributed by atoms with Crippen LogP contribution in [0.5, 0.6) is 0 Å². The molecule has 3 N–H and O–H groups in total. The number of aromatic nitrogens is 1. The molecule has 0 radical (unpaired) electrons. The SMILES string of the molecule is C#CCON=C(C(=O)NC1C(=O)N2C(C(=O)[O-])=C(COC(C)=O)CS[C@H]12)c1csc(N)n1.[Na+]. The molecule has 1 unspecified atom stereocenters. The van der Waals surface area contributed by atoms with Crippen molar-refractivity contribution in [2.75, 3.05) is 24.7 Å². The van der Waals surface area contributed by atoms with Gasteiger partial charge in [-0.05, 0) is 0 Å². The normalized spacial score (nSPS) is 19.5. The van der Waals surface area contributed by atoms with Crippen molar-refractivity contribution in [3.63, 3.8) is 0 Å². The van der Waals surface area contributed by atoms with Crippen LogP contribution in [0.3, 0.4) is 0 Å². The number of carboxylic acid groups (broad SMARTS) is 1. The fraction of sp³-hybridized carbons (Fsp3) is 0.333. The molecule has 15 heteroatoms. The number of nitrogen functional groups attached to an aromatic ring is 1. The van der Waals surface area contributed by atoms with Crippen molar-refractivity contribution in [1.82, 2.24) is 15.2 Å². The molecular weight excluding hydrogens is 485 g/mol. The van der Waals surface area contributed by atoms with Gasteiger partial charge in [-0.25, -0.2) is 4.98 Å². The molecule has 0 spiro atoms. The Labute approximate surface area is 218 Å². The average Bonchev–Trinajstić information content (AvgIpc) is 3.18. The quantitative estimate of drug-likeness (QED) is 0.0667. The number of aliphatic carboxylic acids is 1. The molecule has 33 heavy (non-hydrogen) atoms. The first-order valence-corrected chi connectivity index (χ1v) is 10.8. The summed E-state index contributed by atoms with van der Waals surface area (Å²) in [6.07, 6.45) is 5.11. The zero-order valence-electron chi connectivity index (χ0n) is 17.5. The van der Waals surface area contributed by atoms with Crippen molar-refractivity contribution in [2.45, 2.75) is 18.3 Å². The van der Waals surface area contributed by atoms with Crippen molar-refractivity contribution in [1.29, 1.82) is 0 Å². The maximum absolute atomic E-state index is 12.8. The van der Waals surface area contributed by atoms with E-state index in [9.17, 15) is 24.3 Å². The Morgan fingerprint density at radius 2 is 2.21 bits per heavy atom. The van der Waals surface area contributed by atoms with Gasteiger partial charge in [0, 0.05) is 23.6 Å². The third kappa shape index (κ3) is 5.87. The second kappa shape index (κ2) is 11.5. The van der Waals surface area contributed by atoms with Gasteiger partial charge in [0.1, 0.15) is 23.7 Å². The van der Waals surface area contributed by atoms with Gasteiger partial charge in [-0.1, -0.05) is 11.1 Å². The second-order valence-corrected chi connectivity index (χ2v) is 8.36. The molecule has 168 valence electrons. The number of oxime groups is 1. The van der Waals surface area contributed by atoms with E-state index in [1.165, 1.54) is 24.1 Å². The molecule has 3 rings (SSSR count). The molecule has 0 aromatic carbocycles. The smallest absolute Gasteiger partial charge is 0.543 e. The van der Waals surface area contributed by atoms with E-state index in [2.05, 4.69) is 21.4 Å². The van der Waals surface area contributed by atoms with Gasteiger partial charge in [-0.15, -0.1) is 29.5 Å². The van der Waals surface area contributed by atoms with E-state index in [0.717, 1.165) is 16.2 Å². The second-order valence-electron chi connectivity index (χ2n) is 6.37. The number of hydrogen-bond donors (Lipinski definition) is 2. The number of anilines is 1. The number of nitrogens with one attached hydrogen (secondary N) is 1. The maximum atomic E-state index is 12.8. The van der Waals surface area contributed by atoms with Crippen LogP contribution >= 0.6 is 23.1 Å². The Bertz CT molecular complexity index is 1080. The minimum Gasteiger partial charge on any atom is -0.543 e. The van der Waals surface area contributed by atoms with Gasteiger partial charge in [-0.2, -0.15) is 0 Å². The number of amides is 2.